The van der Waals surface area contributed by atoms with Gasteiger partial charge in [-0.1, -0.05) is 20.3 Å². The van der Waals surface area contributed by atoms with E-state index in [1.165, 1.54) is 25.1 Å². The monoisotopic (exact) mass is 238 g/mol. The van der Waals surface area contributed by atoms with Crippen LogP contribution in [0.15, 0.2) is 18.2 Å². The van der Waals surface area contributed by atoms with Gasteiger partial charge in [0.15, 0.2) is 5.78 Å². The van der Waals surface area contributed by atoms with Gasteiger partial charge < -0.3 is 4.74 Å². The summed E-state index contributed by atoms with van der Waals surface area (Å²) in [6.45, 7) is 6.16. The van der Waals surface area contributed by atoms with E-state index in [4.69, 9.17) is 4.74 Å². The Morgan fingerprint density at radius 1 is 1.47 bits per heavy atom. The van der Waals surface area contributed by atoms with Crippen molar-refractivity contribution >= 4 is 5.78 Å². The van der Waals surface area contributed by atoms with Crippen molar-refractivity contribution in [1.82, 2.24) is 0 Å². The molecule has 3 heteroatoms. The Kier molecular flexibility index (Phi) is 5.13. The van der Waals surface area contributed by atoms with Gasteiger partial charge in [0.05, 0.1) is 12.2 Å². The van der Waals surface area contributed by atoms with Gasteiger partial charge in [0.25, 0.3) is 0 Å². The van der Waals surface area contributed by atoms with Crippen LogP contribution < -0.4 is 4.74 Å². The van der Waals surface area contributed by atoms with Crippen molar-refractivity contribution in [2.45, 2.75) is 33.6 Å². The van der Waals surface area contributed by atoms with Crippen LogP contribution in [0.3, 0.4) is 0 Å². The summed E-state index contributed by atoms with van der Waals surface area (Å²) < 4.78 is 18.6. The highest BCUT2D eigenvalue weighted by Gasteiger charge is 2.11. The maximum atomic E-state index is 13.1. The van der Waals surface area contributed by atoms with Crippen molar-refractivity contribution in [3.05, 3.63) is 29.6 Å². The molecule has 0 spiro atoms. The molecule has 0 bridgehead atoms. The lowest BCUT2D eigenvalue weighted by molar-refractivity contribution is 0.101. The lowest BCUT2D eigenvalue weighted by Crippen LogP contribution is -2.10. The predicted molar refractivity (Wildman–Crippen MR) is 66.0 cm³/mol. The average molecular weight is 238 g/mol. The molecule has 1 aromatic rings. The summed E-state index contributed by atoms with van der Waals surface area (Å²) in [6.07, 6.45) is 2.15. The number of ether oxygens (including phenoxy) is 1. The molecule has 0 amide bonds. The van der Waals surface area contributed by atoms with Gasteiger partial charge in [0.2, 0.25) is 0 Å². The smallest absolute Gasteiger partial charge is 0.163 e. The Hall–Kier alpha value is -1.38. The molecule has 0 N–H and O–H groups in total. The lowest BCUT2D eigenvalue weighted by Gasteiger charge is -2.14. The van der Waals surface area contributed by atoms with E-state index < -0.39 is 0 Å². The van der Waals surface area contributed by atoms with Crippen LogP contribution in [0.5, 0.6) is 5.75 Å². The van der Waals surface area contributed by atoms with Gasteiger partial charge in [-0.15, -0.1) is 0 Å². The fourth-order valence-electron chi connectivity index (χ4n) is 1.71. The number of carbonyl (C=O) groups is 1. The molecule has 2 nitrogen and oxygen atoms in total. The van der Waals surface area contributed by atoms with Gasteiger partial charge in [-0.2, -0.15) is 0 Å². The van der Waals surface area contributed by atoms with Crippen LogP contribution in [0.25, 0.3) is 0 Å². The molecule has 0 saturated carbocycles. The van der Waals surface area contributed by atoms with E-state index in [0.29, 0.717) is 23.8 Å². The molecule has 17 heavy (non-hydrogen) atoms. The highest BCUT2D eigenvalue weighted by Crippen LogP contribution is 2.21. The Morgan fingerprint density at radius 2 is 2.18 bits per heavy atom. The molecule has 1 unspecified atom stereocenters. The van der Waals surface area contributed by atoms with Crippen LogP contribution in [-0.2, 0) is 0 Å². The number of hydrogen-bond donors (Lipinski definition) is 0. The topological polar surface area (TPSA) is 26.3 Å². The second kappa shape index (κ2) is 6.38. The molecule has 94 valence electrons. The summed E-state index contributed by atoms with van der Waals surface area (Å²) in [5.41, 5.74) is 0.440. The maximum absolute atomic E-state index is 13.1. The molecular formula is C14H19FO2. The van der Waals surface area contributed by atoms with Gasteiger partial charge in [0, 0.05) is 6.07 Å². The fourth-order valence-corrected chi connectivity index (χ4v) is 1.71. The predicted octanol–water partition coefficient (Wildman–Crippen LogP) is 3.84. The molecule has 1 rings (SSSR count). The van der Waals surface area contributed by atoms with Crippen molar-refractivity contribution in [3.63, 3.8) is 0 Å². The third-order valence-corrected chi connectivity index (χ3v) is 2.63. The third-order valence-electron chi connectivity index (χ3n) is 2.63. The quantitative estimate of drug-likeness (QED) is 0.704. The molecule has 0 saturated heterocycles. The summed E-state index contributed by atoms with van der Waals surface area (Å²) in [6, 6.07) is 4.02. The number of carbonyl (C=O) groups excluding carboxylic acids is 1. The summed E-state index contributed by atoms with van der Waals surface area (Å²) in [7, 11) is 0. The van der Waals surface area contributed by atoms with E-state index in [-0.39, 0.29) is 11.6 Å². The largest absolute Gasteiger partial charge is 0.492 e. The molecule has 0 heterocycles. The standard InChI is InChI=1S/C14H19FO2/c1-4-5-10(2)9-17-14-8-12(15)6-7-13(14)11(3)16/h6-8,10H,4-5,9H2,1-3H3. The lowest BCUT2D eigenvalue weighted by atomic mass is 10.1. The summed E-state index contributed by atoms with van der Waals surface area (Å²) in [4.78, 5) is 11.3. The van der Waals surface area contributed by atoms with E-state index >= 15 is 0 Å². The highest BCUT2D eigenvalue weighted by atomic mass is 19.1. The first kappa shape index (κ1) is 13.7. The molecular weight excluding hydrogens is 219 g/mol. The number of benzene rings is 1. The van der Waals surface area contributed by atoms with Gasteiger partial charge in [0.1, 0.15) is 11.6 Å². The second-order valence-electron chi connectivity index (χ2n) is 4.40. The zero-order chi connectivity index (χ0) is 12.8. The first-order chi connectivity index (χ1) is 8.04. The Morgan fingerprint density at radius 3 is 2.76 bits per heavy atom. The van der Waals surface area contributed by atoms with E-state index in [1.807, 2.05) is 0 Å². The molecule has 0 aliphatic heterocycles. The zero-order valence-corrected chi connectivity index (χ0v) is 10.6. The van der Waals surface area contributed by atoms with E-state index in [0.717, 1.165) is 12.8 Å². The fraction of sp³-hybridized carbons (Fsp3) is 0.500. The first-order valence-corrected chi connectivity index (χ1v) is 5.97. The molecule has 0 aliphatic carbocycles. The van der Waals surface area contributed by atoms with Gasteiger partial charge in [-0.3, -0.25) is 4.79 Å². The molecule has 0 aromatic heterocycles. The van der Waals surface area contributed by atoms with Crippen LogP contribution in [-0.4, -0.2) is 12.4 Å². The number of ketones is 1. The minimum atomic E-state index is -0.381. The van der Waals surface area contributed by atoms with E-state index in [1.54, 1.807) is 0 Å². The Labute approximate surface area is 102 Å². The SMILES string of the molecule is CCCC(C)COc1cc(F)ccc1C(C)=O. The van der Waals surface area contributed by atoms with Crippen molar-refractivity contribution < 1.29 is 13.9 Å². The van der Waals surface area contributed by atoms with Crippen LogP contribution in [0, 0.1) is 11.7 Å². The van der Waals surface area contributed by atoms with Crippen LogP contribution >= 0.6 is 0 Å². The number of halogens is 1. The Balaban J connectivity index is 2.75. The number of rotatable bonds is 6. The van der Waals surface area contributed by atoms with E-state index in [2.05, 4.69) is 13.8 Å². The van der Waals surface area contributed by atoms with Gasteiger partial charge >= 0.3 is 0 Å². The van der Waals surface area contributed by atoms with E-state index in [9.17, 15) is 9.18 Å². The molecule has 0 aliphatic rings. The molecule has 1 atom stereocenters. The average Bonchev–Trinajstić information content (AvgIpc) is 2.26. The molecule has 0 radical (unpaired) electrons. The van der Waals surface area contributed by atoms with Crippen molar-refractivity contribution in [2.24, 2.45) is 5.92 Å². The molecule has 1 aromatic carbocycles. The van der Waals surface area contributed by atoms with Crippen LogP contribution in [0.2, 0.25) is 0 Å². The molecule has 0 fully saturated rings. The summed E-state index contributed by atoms with van der Waals surface area (Å²) >= 11 is 0. The third kappa shape index (κ3) is 4.17. The Bertz CT molecular complexity index is 388. The first-order valence-electron chi connectivity index (χ1n) is 5.97. The normalized spacial score (nSPS) is 12.2. The van der Waals surface area contributed by atoms with Gasteiger partial charge in [-0.05, 0) is 31.4 Å². The number of Topliss-reactive ketones (excluding diaryl/α,β-unsaturated/α-hetero) is 1. The van der Waals surface area contributed by atoms with Crippen molar-refractivity contribution in [3.8, 4) is 5.75 Å². The van der Waals surface area contributed by atoms with Gasteiger partial charge in [-0.25, -0.2) is 4.39 Å². The minimum Gasteiger partial charge on any atom is -0.492 e. The summed E-state index contributed by atoms with van der Waals surface area (Å²) in [5, 5.41) is 0. The van der Waals surface area contributed by atoms with Crippen LogP contribution in [0.4, 0.5) is 4.39 Å². The van der Waals surface area contributed by atoms with Crippen molar-refractivity contribution in [1.29, 1.82) is 0 Å². The maximum Gasteiger partial charge on any atom is 0.163 e. The van der Waals surface area contributed by atoms with Crippen molar-refractivity contribution in [2.75, 3.05) is 6.61 Å². The number of hydrogen-bond acceptors (Lipinski definition) is 2. The minimum absolute atomic E-state index is 0.108. The second-order valence-corrected chi connectivity index (χ2v) is 4.40. The van der Waals surface area contributed by atoms with Crippen LogP contribution in [0.1, 0.15) is 44.0 Å². The highest BCUT2D eigenvalue weighted by molar-refractivity contribution is 5.96. The zero-order valence-electron chi connectivity index (χ0n) is 10.6. The summed E-state index contributed by atoms with van der Waals surface area (Å²) in [5.74, 6) is 0.264.